The zero-order chi connectivity index (χ0) is 19.3. The predicted octanol–water partition coefficient (Wildman–Crippen LogP) is 3.02. The molecule has 7 nitrogen and oxygen atoms in total. The Balaban J connectivity index is 1.38. The minimum absolute atomic E-state index is 0.0157. The molecule has 1 N–H and O–H groups in total. The summed E-state index contributed by atoms with van der Waals surface area (Å²) in [7, 11) is 1.65. The lowest BCUT2D eigenvalue weighted by molar-refractivity contribution is -0.120. The molecule has 0 radical (unpaired) electrons. The van der Waals surface area contributed by atoms with E-state index in [1.54, 1.807) is 19.6 Å². The maximum Gasteiger partial charge on any atom is 0.225 e. The van der Waals surface area contributed by atoms with Crippen LogP contribution in [0.1, 0.15) is 12.1 Å². The molecule has 0 saturated carbocycles. The summed E-state index contributed by atoms with van der Waals surface area (Å²) in [5.74, 6) is 0.811. The number of carbonyl (C=O) groups excluding carboxylic acids is 1. The van der Waals surface area contributed by atoms with E-state index >= 15 is 0 Å². The number of methoxy groups -OCH3 is 1. The number of hydrogen-bond donors (Lipinski definition) is 1. The highest BCUT2D eigenvalue weighted by Crippen LogP contribution is 2.26. The Morgan fingerprint density at radius 2 is 2.29 bits per heavy atom. The van der Waals surface area contributed by atoms with Crippen molar-refractivity contribution in [1.29, 1.82) is 0 Å². The van der Waals surface area contributed by atoms with Crippen LogP contribution in [0.2, 0.25) is 0 Å². The first-order valence-electron chi connectivity index (χ1n) is 9.05. The number of nitrogens with zero attached hydrogens (tertiary/aromatic N) is 4. The third kappa shape index (κ3) is 4.07. The molecule has 3 aromatic heterocycles. The molecule has 1 aromatic carbocycles. The fourth-order valence-electron chi connectivity index (χ4n) is 3.01. The van der Waals surface area contributed by atoms with Crippen LogP contribution in [0.4, 0.5) is 0 Å². The number of aromatic nitrogens is 4. The standard InChI is InChI=1S/C20H21N5O2S/c1-27-17-5-2-4-15(10-17)18-12-25-16(13-28-20(25)23-18)11-19(26)22-6-3-8-24-9-7-21-14-24/h2,4-5,7,9-10,12-14H,3,6,8,11H2,1H3,(H,22,26). The van der Waals surface area contributed by atoms with Crippen LogP contribution in [0.15, 0.2) is 54.6 Å². The van der Waals surface area contributed by atoms with Gasteiger partial charge in [0.1, 0.15) is 5.75 Å². The number of amides is 1. The molecule has 0 saturated heterocycles. The van der Waals surface area contributed by atoms with Gasteiger partial charge in [0.25, 0.3) is 0 Å². The zero-order valence-electron chi connectivity index (χ0n) is 15.5. The molecule has 4 rings (SSSR count). The molecule has 0 aliphatic rings. The zero-order valence-corrected chi connectivity index (χ0v) is 16.4. The second-order valence-corrected chi connectivity index (χ2v) is 7.26. The number of ether oxygens (including phenoxy) is 1. The monoisotopic (exact) mass is 395 g/mol. The van der Waals surface area contributed by atoms with Crippen molar-refractivity contribution in [3.63, 3.8) is 0 Å². The Labute approximate surface area is 166 Å². The number of hydrogen-bond acceptors (Lipinski definition) is 5. The molecule has 28 heavy (non-hydrogen) atoms. The van der Waals surface area contributed by atoms with E-state index in [-0.39, 0.29) is 5.91 Å². The van der Waals surface area contributed by atoms with E-state index in [1.165, 1.54) is 11.3 Å². The number of fused-ring (bicyclic) bond motifs is 1. The molecule has 0 unspecified atom stereocenters. The van der Waals surface area contributed by atoms with Gasteiger partial charge in [0.15, 0.2) is 4.96 Å². The summed E-state index contributed by atoms with van der Waals surface area (Å²) in [4.78, 5) is 21.9. The van der Waals surface area contributed by atoms with Crippen LogP contribution >= 0.6 is 11.3 Å². The minimum atomic E-state index is 0.0157. The van der Waals surface area contributed by atoms with E-state index in [1.807, 2.05) is 51.0 Å². The molecule has 3 heterocycles. The summed E-state index contributed by atoms with van der Waals surface area (Å²) >= 11 is 1.54. The normalized spacial score (nSPS) is 11.0. The first kappa shape index (κ1) is 18.2. The van der Waals surface area contributed by atoms with Crippen molar-refractivity contribution in [2.45, 2.75) is 19.4 Å². The number of imidazole rings is 2. The number of carbonyl (C=O) groups is 1. The molecule has 0 atom stereocenters. The second-order valence-electron chi connectivity index (χ2n) is 6.42. The van der Waals surface area contributed by atoms with Crippen LogP contribution < -0.4 is 10.1 Å². The Kier molecular flexibility index (Phi) is 5.38. The first-order chi connectivity index (χ1) is 13.7. The largest absolute Gasteiger partial charge is 0.497 e. The highest BCUT2D eigenvalue weighted by Gasteiger charge is 2.12. The number of benzene rings is 1. The first-order valence-corrected chi connectivity index (χ1v) is 9.93. The van der Waals surface area contributed by atoms with Crippen LogP contribution in [-0.4, -0.2) is 38.5 Å². The number of aryl methyl sites for hydroxylation is 1. The highest BCUT2D eigenvalue weighted by molar-refractivity contribution is 7.15. The number of nitrogens with one attached hydrogen (secondary N) is 1. The minimum Gasteiger partial charge on any atom is -0.497 e. The lowest BCUT2D eigenvalue weighted by Gasteiger charge is -2.05. The van der Waals surface area contributed by atoms with E-state index in [2.05, 4.69) is 15.3 Å². The quantitative estimate of drug-likeness (QED) is 0.466. The van der Waals surface area contributed by atoms with E-state index in [0.717, 1.165) is 40.6 Å². The smallest absolute Gasteiger partial charge is 0.225 e. The fourth-order valence-corrected chi connectivity index (χ4v) is 3.89. The van der Waals surface area contributed by atoms with Crippen molar-refractivity contribution in [2.24, 2.45) is 0 Å². The summed E-state index contributed by atoms with van der Waals surface area (Å²) in [6, 6.07) is 7.81. The molecule has 144 valence electrons. The fraction of sp³-hybridized carbons (Fsp3) is 0.250. The van der Waals surface area contributed by atoms with Gasteiger partial charge in [0, 0.05) is 48.3 Å². The molecule has 0 fully saturated rings. The van der Waals surface area contributed by atoms with Crippen LogP contribution in [0.5, 0.6) is 5.75 Å². The Morgan fingerprint density at radius 1 is 1.36 bits per heavy atom. The molecule has 0 aliphatic carbocycles. The molecular weight excluding hydrogens is 374 g/mol. The SMILES string of the molecule is COc1cccc(-c2cn3c(CC(=O)NCCCn4ccnc4)csc3n2)c1. The van der Waals surface area contributed by atoms with Crippen molar-refractivity contribution in [3.8, 4) is 17.0 Å². The summed E-state index contributed by atoms with van der Waals surface area (Å²) in [5, 5.41) is 4.97. The third-order valence-corrected chi connectivity index (χ3v) is 5.35. The van der Waals surface area contributed by atoms with Gasteiger partial charge in [-0.15, -0.1) is 11.3 Å². The Bertz CT molecular complexity index is 1070. The van der Waals surface area contributed by atoms with Gasteiger partial charge < -0.3 is 14.6 Å². The van der Waals surface area contributed by atoms with Crippen LogP contribution in [0.25, 0.3) is 16.2 Å². The van der Waals surface area contributed by atoms with E-state index in [4.69, 9.17) is 4.74 Å². The van der Waals surface area contributed by atoms with Crippen molar-refractivity contribution in [3.05, 3.63) is 60.3 Å². The second kappa shape index (κ2) is 8.26. The summed E-state index contributed by atoms with van der Waals surface area (Å²) < 4.78 is 9.28. The van der Waals surface area contributed by atoms with Crippen LogP contribution in [0.3, 0.4) is 0 Å². The number of thiazole rings is 1. The predicted molar refractivity (Wildman–Crippen MR) is 109 cm³/mol. The maximum absolute atomic E-state index is 12.3. The van der Waals surface area contributed by atoms with Crippen molar-refractivity contribution < 1.29 is 9.53 Å². The van der Waals surface area contributed by atoms with Crippen LogP contribution in [-0.2, 0) is 17.8 Å². The van der Waals surface area contributed by atoms with Gasteiger partial charge in [0.2, 0.25) is 5.91 Å². The molecule has 8 heteroatoms. The van der Waals surface area contributed by atoms with Crippen molar-refractivity contribution in [2.75, 3.05) is 13.7 Å². The lowest BCUT2D eigenvalue weighted by atomic mass is 10.1. The van der Waals surface area contributed by atoms with Gasteiger partial charge in [-0.3, -0.25) is 9.20 Å². The highest BCUT2D eigenvalue weighted by atomic mass is 32.1. The van der Waals surface area contributed by atoms with Gasteiger partial charge in [-0.1, -0.05) is 12.1 Å². The molecule has 4 aromatic rings. The Morgan fingerprint density at radius 3 is 3.11 bits per heavy atom. The molecule has 0 spiro atoms. The van der Waals surface area contributed by atoms with E-state index in [0.29, 0.717) is 13.0 Å². The van der Waals surface area contributed by atoms with Gasteiger partial charge in [0.05, 0.1) is 25.6 Å². The Hall–Kier alpha value is -3.13. The average molecular weight is 395 g/mol. The molecule has 0 bridgehead atoms. The van der Waals surface area contributed by atoms with Gasteiger partial charge in [-0.25, -0.2) is 9.97 Å². The van der Waals surface area contributed by atoms with Crippen LogP contribution in [0, 0.1) is 0 Å². The summed E-state index contributed by atoms with van der Waals surface area (Å²) in [5.41, 5.74) is 2.80. The lowest BCUT2D eigenvalue weighted by Crippen LogP contribution is -2.27. The van der Waals surface area contributed by atoms with E-state index < -0.39 is 0 Å². The van der Waals surface area contributed by atoms with Gasteiger partial charge >= 0.3 is 0 Å². The maximum atomic E-state index is 12.3. The summed E-state index contributed by atoms with van der Waals surface area (Å²) in [6.07, 6.45) is 8.63. The molecule has 0 aliphatic heterocycles. The number of rotatable bonds is 8. The topological polar surface area (TPSA) is 73.5 Å². The molecule has 1 amide bonds. The average Bonchev–Trinajstić information content (AvgIpc) is 3.44. The van der Waals surface area contributed by atoms with Crippen molar-refractivity contribution >= 4 is 22.2 Å². The summed E-state index contributed by atoms with van der Waals surface area (Å²) in [6.45, 7) is 1.48. The van der Waals surface area contributed by atoms with Gasteiger partial charge in [-0.2, -0.15) is 0 Å². The molecular formula is C20H21N5O2S. The van der Waals surface area contributed by atoms with Crippen molar-refractivity contribution in [1.82, 2.24) is 24.3 Å². The van der Waals surface area contributed by atoms with E-state index in [9.17, 15) is 4.79 Å². The van der Waals surface area contributed by atoms with Gasteiger partial charge in [-0.05, 0) is 18.6 Å². The third-order valence-electron chi connectivity index (χ3n) is 4.46.